The van der Waals surface area contributed by atoms with Crippen molar-refractivity contribution in [3.63, 3.8) is 0 Å². The van der Waals surface area contributed by atoms with Crippen molar-refractivity contribution in [2.45, 2.75) is 6.42 Å². The third-order valence-electron chi connectivity index (χ3n) is 2.51. The molecule has 1 aromatic heterocycles. The van der Waals surface area contributed by atoms with Crippen LogP contribution in [0.2, 0.25) is 0 Å². The average molecular weight is 323 g/mol. The number of benzene rings is 1. The van der Waals surface area contributed by atoms with E-state index in [9.17, 15) is 0 Å². The summed E-state index contributed by atoms with van der Waals surface area (Å²) in [4.78, 5) is 5.35. The van der Waals surface area contributed by atoms with Gasteiger partial charge in [0.15, 0.2) is 11.5 Å². The van der Waals surface area contributed by atoms with Crippen LogP contribution in [0.5, 0.6) is 11.5 Å². The van der Waals surface area contributed by atoms with Gasteiger partial charge in [-0.25, -0.2) is 4.98 Å². The van der Waals surface area contributed by atoms with Gasteiger partial charge in [0.05, 0.1) is 17.4 Å². The molecule has 0 amide bonds. The lowest BCUT2D eigenvalue weighted by atomic mass is 10.2. The van der Waals surface area contributed by atoms with E-state index in [-0.39, 0.29) is 6.79 Å². The number of rotatable bonds is 2. The average Bonchev–Trinajstić information content (AvgIpc) is 2.96. The minimum absolute atomic E-state index is 0.264. The van der Waals surface area contributed by atoms with Crippen molar-refractivity contribution in [1.82, 2.24) is 4.98 Å². The first-order chi connectivity index (χ1) is 8.78. The van der Waals surface area contributed by atoms with Gasteiger partial charge in [-0.05, 0) is 34.1 Å². The Balaban J connectivity index is 2.00. The molecular weight excluding hydrogens is 316 g/mol. The van der Waals surface area contributed by atoms with Crippen LogP contribution >= 0.6 is 27.3 Å². The first-order valence-corrected chi connectivity index (χ1v) is 6.81. The van der Waals surface area contributed by atoms with Gasteiger partial charge in [0.1, 0.15) is 9.61 Å². The Kier molecular flexibility index (Phi) is 2.94. The van der Waals surface area contributed by atoms with Crippen molar-refractivity contribution < 1.29 is 9.47 Å². The highest BCUT2D eigenvalue weighted by Crippen LogP contribution is 2.38. The maximum atomic E-state index is 8.72. The lowest BCUT2D eigenvalue weighted by Gasteiger charge is -1.98. The number of halogens is 1. The van der Waals surface area contributed by atoms with Gasteiger partial charge in [0, 0.05) is 5.56 Å². The molecule has 0 saturated carbocycles. The fraction of sp³-hybridized carbons (Fsp3) is 0.167. The van der Waals surface area contributed by atoms with Gasteiger partial charge in [0.25, 0.3) is 0 Å². The number of nitrogens with zero attached hydrogens (tertiary/aromatic N) is 2. The van der Waals surface area contributed by atoms with Gasteiger partial charge < -0.3 is 9.47 Å². The van der Waals surface area contributed by atoms with Crippen molar-refractivity contribution in [3.05, 3.63) is 27.7 Å². The smallest absolute Gasteiger partial charge is 0.231 e. The molecule has 0 fully saturated rings. The largest absolute Gasteiger partial charge is 0.454 e. The van der Waals surface area contributed by atoms with Crippen molar-refractivity contribution in [2.24, 2.45) is 0 Å². The van der Waals surface area contributed by atoms with E-state index in [1.165, 1.54) is 11.3 Å². The van der Waals surface area contributed by atoms with Crippen LogP contribution in [0, 0.1) is 11.3 Å². The highest BCUT2D eigenvalue weighted by molar-refractivity contribution is 9.10. The number of hydrogen-bond acceptors (Lipinski definition) is 5. The Labute approximate surface area is 116 Å². The molecule has 0 bridgehead atoms. The number of ether oxygens (including phenoxy) is 2. The number of thiazole rings is 1. The first-order valence-electron chi connectivity index (χ1n) is 5.20. The molecule has 18 heavy (non-hydrogen) atoms. The molecule has 0 aliphatic carbocycles. The van der Waals surface area contributed by atoms with E-state index in [0.717, 1.165) is 31.6 Å². The van der Waals surface area contributed by atoms with E-state index in [2.05, 4.69) is 27.0 Å². The molecule has 0 radical (unpaired) electrons. The summed E-state index contributed by atoms with van der Waals surface area (Å²) in [6.07, 6.45) is 0.364. The number of hydrogen-bond donors (Lipinski definition) is 0. The highest BCUT2D eigenvalue weighted by atomic mass is 79.9. The Hall–Kier alpha value is -1.58. The Morgan fingerprint density at radius 1 is 1.39 bits per heavy atom. The highest BCUT2D eigenvalue weighted by Gasteiger charge is 2.16. The lowest BCUT2D eigenvalue weighted by Crippen LogP contribution is -1.92. The van der Waals surface area contributed by atoms with Crippen molar-refractivity contribution >= 4 is 27.3 Å². The zero-order valence-corrected chi connectivity index (χ0v) is 11.5. The third-order valence-corrected chi connectivity index (χ3v) is 4.53. The molecule has 4 nitrogen and oxygen atoms in total. The summed E-state index contributed by atoms with van der Waals surface area (Å²) < 4.78 is 11.3. The number of fused-ring (bicyclic) bond motifs is 1. The molecule has 90 valence electrons. The summed E-state index contributed by atoms with van der Waals surface area (Å²) in [5.74, 6) is 1.49. The van der Waals surface area contributed by atoms with Crippen LogP contribution in [0.25, 0.3) is 10.6 Å². The molecule has 3 rings (SSSR count). The van der Waals surface area contributed by atoms with Crippen LogP contribution in [-0.2, 0) is 6.42 Å². The van der Waals surface area contributed by atoms with Gasteiger partial charge in [-0.2, -0.15) is 5.26 Å². The van der Waals surface area contributed by atoms with Crippen LogP contribution in [0.1, 0.15) is 4.88 Å². The fourth-order valence-electron chi connectivity index (χ4n) is 1.67. The molecular formula is C12H7BrN2O2S. The van der Waals surface area contributed by atoms with Crippen LogP contribution < -0.4 is 9.47 Å². The summed E-state index contributed by atoms with van der Waals surface area (Å²) in [7, 11) is 0. The summed E-state index contributed by atoms with van der Waals surface area (Å²) in [5.41, 5.74) is 0.967. The molecule has 6 heteroatoms. The second-order valence-electron chi connectivity index (χ2n) is 3.64. The van der Waals surface area contributed by atoms with E-state index in [1.807, 2.05) is 18.2 Å². The Bertz CT molecular complexity index is 648. The normalized spacial score (nSPS) is 12.4. The predicted molar refractivity (Wildman–Crippen MR) is 70.7 cm³/mol. The maximum Gasteiger partial charge on any atom is 0.231 e. The van der Waals surface area contributed by atoms with E-state index in [1.54, 1.807) is 0 Å². The molecule has 0 atom stereocenters. The van der Waals surface area contributed by atoms with Crippen LogP contribution in [0.15, 0.2) is 22.8 Å². The predicted octanol–water partition coefficient (Wildman–Crippen LogP) is 3.37. The van der Waals surface area contributed by atoms with Crippen LogP contribution in [0.3, 0.4) is 0 Å². The van der Waals surface area contributed by atoms with Gasteiger partial charge >= 0.3 is 0 Å². The monoisotopic (exact) mass is 322 g/mol. The van der Waals surface area contributed by atoms with Gasteiger partial charge in [-0.15, -0.1) is 11.3 Å². The standard InChI is InChI=1S/C12H7BrN2O2S/c13-11-10(3-4-14)18-12(15-11)7-1-2-8-9(5-7)17-6-16-8/h1-2,5H,3,6H2. The molecule has 1 aliphatic rings. The van der Waals surface area contributed by atoms with Gasteiger partial charge in [-0.3, -0.25) is 0 Å². The minimum atomic E-state index is 0.264. The Morgan fingerprint density at radius 2 is 2.22 bits per heavy atom. The maximum absolute atomic E-state index is 8.72. The van der Waals surface area contributed by atoms with Gasteiger partial charge in [0.2, 0.25) is 6.79 Å². The third kappa shape index (κ3) is 1.96. The molecule has 0 unspecified atom stereocenters. The topological polar surface area (TPSA) is 55.1 Å². The number of nitriles is 1. The molecule has 1 aromatic carbocycles. The number of aromatic nitrogens is 1. The van der Waals surface area contributed by atoms with E-state index in [0.29, 0.717) is 6.42 Å². The first kappa shape index (κ1) is 11.5. The lowest BCUT2D eigenvalue weighted by molar-refractivity contribution is 0.174. The van der Waals surface area contributed by atoms with E-state index < -0.39 is 0 Å². The molecule has 0 saturated heterocycles. The molecule has 1 aliphatic heterocycles. The second-order valence-corrected chi connectivity index (χ2v) is 5.47. The molecule has 0 N–H and O–H groups in total. The van der Waals surface area contributed by atoms with Crippen LogP contribution in [-0.4, -0.2) is 11.8 Å². The fourth-order valence-corrected chi connectivity index (χ4v) is 3.23. The second kappa shape index (κ2) is 4.59. The SMILES string of the molecule is N#CCc1sc(-c2ccc3c(c2)OCO3)nc1Br. The van der Waals surface area contributed by atoms with E-state index >= 15 is 0 Å². The summed E-state index contributed by atoms with van der Waals surface area (Å²) in [5, 5.41) is 9.59. The summed E-state index contributed by atoms with van der Waals surface area (Å²) >= 11 is 4.88. The summed E-state index contributed by atoms with van der Waals surface area (Å²) in [6.45, 7) is 0.264. The zero-order chi connectivity index (χ0) is 12.5. The molecule has 2 heterocycles. The summed E-state index contributed by atoms with van der Waals surface area (Å²) in [6, 6.07) is 7.84. The van der Waals surface area contributed by atoms with Crippen molar-refractivity contribution in [1.29, 1.82) is 5.26 Å². The van der Waals surface area contributed by atoms with E-state index in [4.69, 9.17) is 14.7 Å². The zero-order valence-electron chi connectivity index (χ0n) is 9.14. The molecule has 2 aromatic rings. The van der Waals surface area contributed by atoms with Gasteiger partial charge in [-0.1, -0.05) is 0 Å². The van der Waals surface area contributed by atoms with Crippen molar-refractivity contribution in [2.75, 3.05) is 6.79 Å². The Morgan fingerprint density at radius 3 is 3.06 bits per heavy atom. The molecule has 0 spiro atoms. The van der Waals surface area contributed by atoms with Crippen LogP contribution in [0.4, 0.5) is 0 Å². The minimum Gasteiger partial charge on any atom is -0.454 e. The van der Waals surface area contributed by atoms with Crippen molar-refractivity contribution in [3.8, 4) is 28.1 Å². The quantitative estimate of drug-likeness (QED) is 0.850.